The molecule has 0 heterocycles. The van der Waals surface area contributed by atoms with E-state index in [4.69, 9.17) is 0 Å². The number of para-hydroxylation sites is 2. The Hall–Kier alpha value is -3.21. The van der Waals surface area contributed by atoms with Crippen LogP contribution in [0.15, 0.2) is 90.0 Å². The van der Waals surface area contributed by atoms with Crippen molar-refractivity contribution in [2.24, 2.45) is 5.10 Å². The summed E-state index contributed by atoms with van der Waals surface area (Å²) in [6.07, 6.45) is 1.54. The first kappa shape index (κ1) is 17.6. The SMILES string of the molecule is FC(F)Oc1ccccc1/C=N\N(Cc1ccccc1)c1ccccc1. The van der Waals surface area contributed by atoms with Gasteiger partial charge in [0.25, 0.3) is 0 Å². The normalized spacial score (nSPS) is 11.0. The third-order valence-electron chi connectivity index (χ3n) is 3.70. The first-order chi connectivity index (χ1) is 12.7. The summed E-state index contributed by atoms with van der Waals surface area (Å²) in [6.45, 7) is -2.32. The Morgan fingerprint density at radius 1 is 0.846 bits per heavy atom. The third-order valence-corrected chi connectivity index (χ3v) is 3.70. The number of anilines is 1. The molecule has 5 heteroatoms. The Morgan fingerprint density at radius 3 is 2.15 bits per heavy atom. The zero-order valence-corrected chi connectivity index (χ0v) is 14.0. The number of hydrogen-bond acceptors (Lipinski definition) is 3. The van der Waals surface area contributed by atoms with Crippen molar-refractivity contribution in [1.82, 2.24) is 0 Å². The molecule has 0 fully saturated rings. The molecule has 0 aliphatic heterocycles. The van der Waals surface area contributed by atoms with E-state index in [9.17, 15) is 8.78 Å². The summed E-state index contributed by atoms with van der Waals surface area (Å²) in [7, 11) is 0. The van der Waals surface area contributed by atoms with E-state index >= 15 is 0 Å². The van der Waals surface area contributed by atoms with Crippen molar-refractivity contribution in [3.63, 3.8) is 0 Å². The molecule has 0 amide bonds. The van der Waals surface area contributed by atoms with Crippen LogP contribution in [0.4, 0.5) is 14.5 Å². The molecule has 3 aromatic carbocycles. The van der Waals surface area contributed by atoms with Crippen LogP contribution < -0.4 is 9.75 Å². The minimum Gasteiger partial charge on any atom is -0.434 e. The molecular formula is C21H18F2N2O. The number of halogens is 2. The second kappa shape index (κ2) is 8.76. The molecule has 132 valence electrons. The monoisotopic (exact) mass is 352 g/mol. The average molecular weight is 352 g/mol. The lowest BCUT2D eigenvalue weighted by atomic mass is 10.2. The highest BCUT2D eigenvalue weighted by molar-refractivity contribution is 5.84. The first-order valence-electron chi connectivity index (χ1n) is 8.17. The van der Waals surface area contributed by atoms with Crippen molar-refractivity contribution in [2.45, 2.75) is 13.2 Å². The first-order valence-corrected chi connectivity index (χ1v) is 8.17. The predicted octanol–water partition coefficient (Wildman–Crippen LogP) is 5.33. The molecule has 0 atom stereocenters. The quantitative estimate of drug-likeness (QED) is 0.424. The number of hydrogen-bond donors (Lipinski definition) is 0. The Labute approximate surface area is 151 Å². The highest BCUT2D eigenvalue weighted by Crippen LogP contribution is 2.21. The minimum absolute atomic E-state index is 0.0963. The van der Waals surface area contributed by atoms with Crippen molar-refractivity contribution in [2.75, 3.05) is 5.01 Å². The summed E-state index contributed by atoms with van der Waals surface area (Å²) in [5.41, 5.74) is 2.48. The zero-order chi connectivity index (χ0) is 18.2. The van der Waals surface area contributed by atoms with Gasteiger partial charge in [0, 0.05) is 5.56 Å². The van der Waals surface area contributed by atoms with E-state index in [1.807, 2.05) is 65.7 Å². The van der Waals surface area contributed by atoms with Crippen LogP contribution in [0, 0.1) is 0 Å². The maximum Gasteiger partial charge on any atom is 0.387 e. The average Bonchev–Trinajstić information content (AvgIpc) is 2.67. The van der Waals surface area contributed by atoms with Crippen molar-refractivity contribution in [3.8, 4) is 5.75 Å². The third kappa shape index (κ3) is 4.89. The number of rotatable bonds is 7. The lowest BCUT2D eigenvalue weighted by Crippen LogP contribution is -2.16. The van der Waals surface area contributed by atoms with Gasteiger partial charge in [0.2, 0.25) is 0 Å². The second-order valence-electron chi connectivity index (χ2n) is 5.54. The van der Waals surface area contributed by atoms with Crippen molar-refractivity contribution in [1.29, 1.82) is 0 Å². The maximum absolute atomic E-state index is 12.6. The van der Waals surface area contributed by atoms with Crippen LogP contribution in [-0.2, 0) is 6.54 Å². The number of ether oxygens (including phenoxy) is 1. The van der Waals surface area contributed by atoms with Crippen molar-refractivity contribution in [3.05, 3.63) is 96.1 Å². The fourth-order valence-corrected chi connectivity index (χ4v) is 2.48. The largest absolute Gasteiger partial charge is 0.434 e. The fourth-order valence-electron chi connectivity index (χ4n) is 2.48. The van der Waals surface area contributed by atoms with Gasteiger partial charge in [0.15, 0.2) is 0 Å². The topological polar surface area (TPSA) is 24.8 Å². The van der Waals surface area contributed by atoms with E-state index in [1.54, 1.807) is 18.2 Å². The predicted molar refractivity (Wildman–Crippen MR) is 99.7 cm³/mol. The highest BCUT2D eigenvalue weighted by atomic mass is 19.3. The molecule has 0 bridgehead atoms. The molecule has 0 N–H and O–H groups in total. The minimum atomic E-state index is -2.88. The zero-order valence-electron chi connectivity index (χ0n) is 14.0. The molecule has 0 aliphatic rings. The lowest BCUT2D eigenvalue weighted by Gasteiger charge is -2.19. The Kier molecular flexibility index (Phi) is 5.93. The number of benzene rings is 3. The smallest absolute Gasteiger partial charge is 0.387 e. The molecular weight excluding hydrogens is 334 g/mol. The summed E-state index contributed by atoms with van der Waals surface area (Å²) in [6, 6.07) is 26.2. The number of nitrogens with zero attached hydrogens (tertiary/aromatic N) is 2. The number of hydrazone groups is 1. The Morgan fingerprint density at radius 2 is 1.46 bits per heavy atom. The van der Waals surface area contributed by atoms with Crippen LogP contribution in [0.3, 0.4) is 0 Å². The van der Waals surface area contributed by atoms with Gasteiger partial charge in [-0.3, -0.25) is 5.01 Å². The molecule has 3 rings (SSSR count). The summed E-state index contributed by atoms with van der Waals surface area (Å²) in [5, 5.41) is 6.32. The molecule has 3 nitrogen and oxygen atoms in total. The summed E-state index contributed by atoms with van der Waals surface area (Å²) in [4.78, 5) is 0. The number of alkyl halides is 2. The van der Waals surface area contributed by atoms with Crippen LogP contribution in [0.1, 0.15) is 11.1 Å². The van der Waals surface area contributed by atoms with Gasteiger partial charge < -0.3 is 4.74 Å². The van der Waals surface area contributed by atoms with Gasteiger partial charge in [0.05, 0.1) is 18.4 Å². The highest BCUT2D eigenvalue weighted by Gasteiger charge is 2.09. The van der Waals surface area contributed by atoms with Crippen molar-refractivity contribution >= 4 is 11.9 Å². The summed E-state index contributed by atoms with van der Waals surface area (Å²) < 4.78 is 29.7. The van der Waals surface area contributed by atoms with Crippen LogP contribution in [-0.4, -0.2) is 12.8 Å². The molecule has 3 aromatic rings. The summed E-state index contributed by atoms with van der Waals surface area (Å²) >= 11 is 0. The van der Waals surface area contributed by atoms with Crippen LogP contribution >= 0.6 is 0 Å². The van der Waals surface area contributed by atoms with Crippen LogP contribution in [0.2, 0.25) is 0 Å². The lowest BCUT2D eigenvalue weighted by molar-refractivity contribution is -0.0499. The molecule has 0 aliphatic carbocycles. The van der Waals surface area contributed by atoms with Gasteiger partial charge in [-0.05, 0) is 29.8 Å². The molecule has 0 saturated heterocycles. The fraction of sp³-hybridized carbons (Fsp3) is 0.0952. The Balaban J connectivity index is 1.87. The standard InChI is InChI=1S/C21H18F2N2O/c22-21(23)26-20-14-8-7-11-18(20)15-24-25(19-12-5-2-6-13-19)16-17-9-3-1-4-10-17/h1-15,21H,16H2/b24-15-. The Bertz CT molecular complexity index is 839. The molecule has 0 aromatic heterocycles. The molecule has 0 radical (unpaired) electrons. The van der Waals surface area contributed by atoms with Gasteiger partial charge in [-0.2, -0.15) is 13.9 Å². The van der Waals surface area contributed by atoms with Crippen molar-refractivity contribution < 1.29 is 13.5 Å². The van der Waals surface area contributed by atoms with Gasteiger partial charge in [-0.25, -0.2) is 0 Å². The van der Waals surface area contributed by atoms with Gasteiger partial charge in [-0.15, -0.1) is 0 Å². The van der Waals surface area contributed by atoms with Crippen LogP contribution in [0.25, 0.3) is 0 Å². The van der Waals surface area contributed by atoms with Gasteiger partial charge in [0.1, 0.15) is 5.75 Å². The van der Waals surface area contributed by atoms with E-state index in [-0.39, 0.29) is 5.75 Å². The van der Waals surface area contributed by atoms with E-state index in [1.165, 1.54) is 12.3 Å². The van der Waals surface area contributed by atoms with E-state index in [0.717, 1.165) is 11.3 Å². The van der Waals surface area contributed by atoms with Crippen LogP contribution in [0.5, 0.6) is 5.75 Å². The van der Waals surface area contributed by atoms with Gasteiger partial charge >= 0.3 is 6.61 Å². The molecule has 0 unspecified atom stereocenters. The van der Waals surface area contributed by atoms with E-state index in [0.29, 0.717) is 12.1 Å². The maximum atomic E-state index is 12.6. The molecule has 0 saturated carbocycles. The van der Waals surface area contributed by atoms with E-state index < -0.39 is 6.61 Å². The summed E-state index contributed by atoms with van der Waals surface area (Å²) in [5.74, 6) is 0.0963. The molecule has 26 heavy (non-hydrogen) atoms. The second-order valence-corrected chi connectivity index (χ2v) is 5.54. The van der Waals surface area contributed by atoms with E-state index in [2.05, 4.69) is 9.84 Å². The molecule has 0 spiro atoms. The van der Waals surface area contributed by atoms with Gasteiger partial charge in [-0.1, -0.05) is 60.7 Å².